The van der Waals surface area contributed by atoms with E-state index in [2.05, 4.69) is 14.7 Å². The molecular weight excluding hydrogens is 421 g/mol. The SMILES string of the molecule is CC(C)C(O)c1nc(-c2cnc(N)c(OC(F)(F)F)c2)cn1CCCCCC12CC(C1)C2. The Bertz CT molecular complexity index is 940. The predicted molar refractivity (Wildman–Crippen MR) is 115 cm³/mol. The average molecular weight is 453 g/mol. The van der Waals surface area contributed by atoms with Crippen LogP contribution in [0.1, 0.15) is 70.7 Å². The van der Waals surface area contributed by atoms with Gasteiger partial charge in [0.05, 0.1) is 5.69 Å². The zero-order valence-electron chi connectivity index (χ0n) is 18.5. The number of hydrogen-bond donors (Lipinski definition) is 2. The molecule has 2 heterocycles. The van der Waals surface area contributed by atoms with Crippen molar-refractivity contribution in [1.29, 1.82) is 0 Å². The van der Waals surface area contributed by atoms with Crippen molar-refractivity contribution in [1.82, 2.24) is 14.5 Å². The molecule has 2 aromatic rings. The largest absolute Gasteiger partial charge is 0.573 e. The topological polar surface area (TPSA) is 86.2 Å². The minimum absolute atomic E-state index is 0.0538. The average Bonchev–Trinajstić information content (AvgIpc) is 3.06. The van der Waals surface area contributed by atoms with Crippen LogP contribution in [0, 0.1) is 17.3 Å². The van der Waals surface area contributed by atoms with Gasteiger partial charge in [0.25, 0.3) is 0 Å². The molecule has 0 saturated heterocycles. The number of ether oxygens (including phenoxy) is 1. The Morgan fingerprint density at radius 3 is 2.56 bits per heavy atom. The van der Waals surface area contributed by atoms with Gasteiger partial charge in [-0.3, -0.25) is 0 Å². The van der Waals surface area contributed by atoms with Crippen molar-refractivity contribution in [2.75, 3.05) is 5.73 Å². The smallest absolute Gasteiger partial charge is 0.402 e. The number of halogens is 3. The van der Waals surface area contributed by atoms with Gasteiger partial charge in [0.2, 0.25) is 0 Å². The maximum absolute atomic E-state index is 12.7. The van der Waals surface area contributed by atoms with Crippen LogP contribution in [-0.2, 0) is 6.54 Å². The number of rotatable bonds is 10. The molecule has 3 N–H and O–H groups in total. The van der Waals surface area contributed by atoms with E-state index in [9.17, 15) is 18.3 Å². The number of anilines is 1. The number of nitrogens with two attached hydrogens (primary N) is 1. The molecule has 3 fully saturated rings. The maximum Gasteiger partial charge on any atom is 0.573 e. The van der Waals surface area contributed by atoms with E-state index in [4.69, 9.17) is 5.73 Å². The highest BCUT2D eigenvalue weighted by Gasteiger charge is 2.55. The number of nitrogen functional groups attached to an aromatic ring is 1. The lowest BCUT2D eigenvalue weighted by Crippen LogP contribution is -2.51. The fourth-order valence-electron chi connectivity index (χ4n) is 5.01. The van der Waals surface area contributed by atoms with Gasteiger partial charge in [0.15, 0.2) is 11.6 Å². The molecule has 176 valence electrons. The van der Waals surface area contributed by atoms with Crippen LogP contribution < -0.4 is 10.5 Å². The second-order valence-electron chi connectivity index (χ2n) is 9.81. The number of aromatic nitrogens is 3. The van der Waals surface area contributed by atoms with E-state index in [-0.39, 0.29) is 11.7 Å². The van der Waals surface area contributed by atoms with E-state index >= 15 is 0 Å². The molecule has 0 spiro atoms. The molecule has 0 aromatic carbocycles. The Morgan fingerprint density at radius 1 is 1.25 bits per heavy atom. The lowest BCUT2D eigenvalue weighted by Gasteiger charge is -2.62. The highest BCUT2D eigenvalue weighted by Crippen LogP contribution is 2.66. The van der Waals surface area contributed by atoms with Gasteiger partial charge < -0.3 is 20.1 Å². The number of pyridine rings is 1. The molecule has 1 unspecified atom stereocenters. The minimum Gasteiger partial charge on any atom is -0.402 e. The van der Waals surface area contributed by atoms with Gasteiger partial charge in [-0.05, 0) is 55.4 Å². The molecule has 2 aromatic heterocycles. The van der Waals surface area contributed by atoms with E-state index in [1.165, 1.54) is 44.4 Å². The molecule has 0 aliphatic heterocycles. The highest BCUT2D eigenvalue weighted by molar-refractivity contribution is 5.63. The van der Waals surface area contributed by atoms with E-state index in [0.29, 0.717) is 29.0 Å². The first kappa shape index (κ1) is 22.9. The summed E-state index contributed by atoms with van der Waals surface area (Å²) in [5.74, 6) is 0.538. The van der Waals surface area contributed by atoms with Gasteiger partial charge in [-0.2, -0.15) is 0 Å². The van der Waals surface area contributed by atoms with Crippen molar-refractivity contribution in [2.24, 2.45) is 17.3 Å². The summed E-state index contributed by atoms with van der Waals surface area (Å²) in [6, 6.07) is 1.18. The van der Waals surface area contributed by atoms with Gasteiger partial charge in [-0.1, -0.05) is 26.7 Å². The molecule has 3 saturated carbocycles. The Labute approximate surface area is 186 Å². The zero-order chi connectivity index (χ0) is 23.1. The van der Waals surface area contributed by atoms with Gasteiger partial charge in [-0.15, -0.1) is 13.2 Å². The Balaban J connectivity index is 1.46. The van der Waals surface area contributed by atoms with Crippen molar-refractivity contribution < 1.29 is 23.0 Å². The summed E-state index contributed by atoms with van der Waals surface area (Å²) < 4.78 is 43.9. The van der Waals surface area contributed by atoms with Crippen LogP contribution in [0.15, 0.2) is 18.5 Å². The second-order valence-corrected chi connectivity index (χ2v) is 9.81. The number of aliphatic hydroxyl groups is 1. The molecule has 2 bridgehead atoms. The van der Waals surface area contributed by atoms with Gasteiger partial charge >= 0.3 is 6.36 Å². The number of unbranched alkanes of at least 4 members (excludes halogenated alkanes) is 2. The summed E-state index contributed by atoms with van der Waals surface area (Å²) in [5, 5.41) is 10.7. The molecule has 3 aliphatic rings. The summed E-state index contributed by atoms with van der Waals surface area (Å²) in [7, 11) is 0. The lowest BCUT2D eigenvalue weighted by atomic mass is 9.43. The number of aliphatic hydroxyl groups excluding tert-OH is 1. The molecule has 9 heteroatoms. The number of imidazole rings is 1. The van der Waals surface area contributed by atoms with Crippen LogP contribution in [0.5, 0.6) is 5.75 Å². The van der Waals surface area contributed by atoms with E-state index in [0.717, 1.165) is 18.8 Å². The summed E-state index contributed by atoms with van der Waals surface area (Å²) in [6.45, 7) is 4.48. The van der Waals surface area contributed by atoms with E-state index in [1.807, 2.05) is 18.4 Å². The van der Waals surface area contributed by atoms with Crippen molar-refractivity contribution in [3.05, 3.63) is 24.3 Å². The lowest BCUT2D eigenvalue weighted by molar-refractivity contribution is -0.274. The third kappa shape index (κ3) is 4.87. The van der Waals surface area contributed by atoms with E-state index in [1.54, 1.807) is 6.20 Å². The molecular formula is C23H31F3N4O2. The maximum atomic E-state index is 12.7. The monoisotopic (exact) mass is 452 g/mol. The second kappa shape index (κ2) is 8.57. The molecule has 6 nitrogen and oxygen atoms in total. The Kier molecular flexibility index (Phi) is 6.13. The summed E-state index contributed by atoms with van der Waals surface area (Å²) in [6.07, 6.45) is 6.28. The van der Waals surface area contributed by atoms with Crippen molar-refractivity contribution in [2.45, 2.75) is 77.8 Å². The third-order valence-corrected chi connectivity index (χ3v) is 6.88. The number of nitrogens with zero attached hydrogens (tertiary/aromatic N) is 3. The van der Waals surface area contributed by atoms with Crippen LogP contribution in [0.4, 0.5) is 19.0 Å². The van der Waals surface area contributed by atoms with Crippen LogP contribution in [0.3, 0.4) is 0 Å². The van der Waals surface area contributed by atoms with Gasteiger partial charge in [0, 0.05) is 24.5 Å². The Morgan fingerprint density at radius 2 is 1.97 bits per heavy atom. The van der Waals surface area contributed by atoms with Crippen LogP contribution in [0.2, 0.25) is 0 Å². The normalized spacial score (nSPS) is 23.0. The molecule has 0 radical (unpaired) electrons. The first-order chi connectivity index (χ1) is 15.1. The van der Waals surface area contributed by atoms with Crippen molar-refractivity contribution in [3.8, 4) is 17.0 Å². The highest BCUT2D eigenvalue weighted by atomic mass is 19.4. The van der Waals surface area contributed by atoms with Crippen molar-refractivity contribution in [3.63, 3.8) is 0 Å². The first-order valence-electron chi connectivity index (χ1n) is 11.3. The number of aryl methyl sites for hydroxylation is 1. The molecule has 32 heavy (non-hydrogen) atoms. The third-order valence-electron chi connectivity index (χ3n) is 6.88. The van der Waals surface area contributed by atoms with Gasteiger partial charge in [0.1, 0.15) is 11.9 Å². The van der Waals surface area contributed by atoms with Crippen LogP contribution in [0.25, 0.3) is 11.3 Å². The molecule has 1 atom stereocenters. The fraction of sp³-hybridized carbons (Fsp3) is 0.652. The Hall–Kier alpha value is -2.29. The molecule has 3 aliphatic carbocycles. The molecule has 0 amide bonds. The minimum atomic E-state index is -4.87. The summed E-state index contributed by atoms with van der Waals surface area (Å²) in [5.41, 5.74) is 6.96. The summed E-state index contributed by atoms with van der Waals surface area (Å²) >= 11 is 0. The predicted octanol–water partition coefficient (Wildman–Crippen LogP) is 5.48. The standard InChI is InChI=1S/C23H31F3N4O2/c1-14(2)19(31)21-29-17(16-8-18(20(27)28-12-16)32-23(24,25)26)13-30(21)7-5-3-4-6-22-9-15(10-22)11-22/h8,12-15,19,31H,3-7,9-11H2,1-2H3,(H2,27,28). The quantitative estimate of drug-likeness (QED) is 0.467. The van der Waals surface area contributed by atoms with E-state index < -0.39 is 18.2 Å². The van der Waals surface area contributed by atoms with Gasteiger partial charge in [-0.25, -0.2) is 9.97 Å². The number of hydrogen-bond acceptors (Lipinski definition) is 5. The van der Waals surface area contributed by atoms with Crippen LogP contribution >= 0.6 is 0 Å². The van der Waals surface area contributed by atoms with Crippen molar-refractivity contribution >= 4 is 5.82 Å². The summed E-state index contributed by atoms with van der Waals surface area (Å²) in [4.78, 5) is 8.36. The fourth-order valence-corrected chi connectivity index (χ4v) is 5.01. The number of alkyl halides is 3. The first-order valence-corrected chi connectivity index (χ1v) is 11.3. The zero-order valence-corrected chi connectivity index (χ0v) is 18.5. The molecule has 5 rings (SSSR count). The van der Waals surface area contributed by atoms with Crippen LogP contribution in [-0.4, -0.2) is 26.0 Å².